The molecule has 0 saturated carbocycles. The van der Waals surface area contributed by atoms with Crippen LogP contribution in [0.1, 0.15) is 15.9 Å². The molecule has 0 aliphatic heterocycles. The molecule has 0 aliphatic carbocycles. The molecular weight excluding hydrogens is 376 g/mol. The van der Waals surface area contributed by atoms with Crippen LogP contribution >= 0.6 is 0 Å². The van der Waals surface area contributed by atoms with Crippen molar-refractivity contribution < 1.29 is 9.59 Å². The SMILES string of the molecule is CN(C)C(=O)Cc1cncc(Nc2ccc(-c3ccc(C(=O)N(C)C)cc3)cc2)c1. The first-order chi connectivity index (χ1) is 14.3. The highest BCUT2D eigenvalue weighted by Gasteiger charge is 2.09. The van der Waals surface area contributed by atoms with E-state index in [1.165, 1.54) is 0 Å². The van der Waals surface area contributed by atoms with E-state index in [4.69, 9.17) is 0 Å². The molecule has 6 heteroatoms. The van der Waals surface area contributed by atoms with E-state index in [-0.39, 0.29) is 11.8 Å². The summed E-state index contributed by atoms with van der Waals surface area (Å²) in [5.74, 6) is 0.0285. The summed E-state index contributed by atoms with van der Waals surface area (Å²) in [4.78, 5) is 31.3. The van der Waals surface area contributed by atoms with Crippen molar-refractivity contribution in [2.75, 3.05) is 33.5 Å². The van der Waals surface area contributed by atoms with Crippen LogP contribution in [0.4, 0.5) is 11.4 Å². The van der Waals surface area contributed by atoms with Crippen LogP contribution in [-0.4, -0.2) is 54.8 Å². The van der Waals surface area contributed by atoms with E-state index in [9.17, 15) is 9.59 Å². The summed E-state index contributed by atoms with van der Waals surface area (Å²) in [6, 6.07) is 17.6. The van der Waals surface area contributed by atoms with Crippen LogP contribution in [0.2, 0.25) is 0 Å². The van der Waals surface area contributed by atoms with Crippen molar-refractivity contribution in [1.29, 1.82) is 0 Å². The fourth-order valence-electron chi connectivity index (χ4n) is 2.96. The molecule has 0 spiro atoms. The van der Waals surface area contributed by atoms with Gasteiger partial charge in [-0.15, -0.1) is 0 Å². The van der Waals surface area contributed by atoms with Crippen LogP contribution in [0.25, 0.3) is 11.1 Å². The maximum atomic E-state index is 12.0. The number of benzene rings is 2. The largest absolute Gasteiger partial charge is 0.354 e. The van der Waals surface area contributed by atoms with Gasteiger partial charge in [-0.3, -0.25) is 14.6 Å². The van der Waals surface area contributed by atoms with Crippen molar-refractivity contribution in [3.63, 3.8) is 0 Å². The van der Waals surface area contributed by atoms with E-state index in [0.29, 0.717) is 12.0 Å². The third-order valence-electron chi connectivity index (χ3n) is 4.69. The first-order valence-corrected chi connectivity index (χ1v) is 9.67. The van der Waals surface area contributed by atoms with E-state index in [0.717, 1.165) is 28.1 Å². The number of carbonyl (C=O) groups is 2. The predicted molar refractivity (Wildman–Crippen MR) is 120 cm³/mol. The molecule has 154 valence electrons. The van der Waals surface area contributed by atoms with Crippen LogP contribution < -0.4 is 5.32 Å². The Balaban J connectivity index is 1.69. The number of carbonyl (C=O) groups excluding carboxylic acids is 2. The summed E-state index contributed by atoms with van der Waals surface area (Å²) in [5, 5.41) is 3.32. The van der Waals surface area contributed by atoms with Crippen molar-refractivity contribution >= 4 is 23.2 Å². The highest BCUT2D eigenvalue weighted by molar-refractivity contribution is 5.94. The Morgan fingerprint density at radius 3 is 1.97 bits per heavy atom. The lowest BCUT2D eigenvalue weighted by Gasteiger charge is -2.12. The van der Waals surface area contributed by atoms with Crippen molar-refractivity contribution in [1.82, 2.24) is 14.8 Å². The summed E-state index contributed by atoms with van der Waals surface area (Å²) in [5.41, 5.74) is 5.40. The molecule has 0 atom stereocenters. The maximum absolute atomic E-state index is 12.0. The number of nitrogens with one attached hydrogen (secondary N) is 1. The van der Waals surface area contributed by atoms with Gasteiger partial charge < -0.3 is 15.1 Å². The molecule has 2 amide bonds. The van der Waals surface area contributed by atoms with Crippen molar-refractivity contribution in [2.24, 2.45) is 0 Å². The van der Waals surface area contributed by atoms with E-state index in [1.54, 1.807) is 50.4 Å². The topological polar surface area (TPSA) is 65.5 Å². The molecule has 0 bridgehead atoms. The third kappa shape index (κ3) is 5.23. The van der Waals surface area contributed by atoms with Crippen LogP contribution in [0.3, 0.4) is 0 Å². The Kier molecular flexibility index (Phi) is 6.47. The number of amides is 2. The second-order valence-electron chi connectivity index (χ2n) is 7.53. The molecule has 1 aromatic heterocycles. The molecule has 2 aromatic carbocycles. The van der Waals surface area contributed by atoms with Crippen molar-refractivity contribution in [3.8, 4) is 11.1 Å². The van der Waals surface area contributed by atoms with Gasteiger partial charge in [0, 0.05) is 45.6 Å². The minimum atomic E-state index is -0.00998. The predicted octanol–water partition coefficient (Wildman–Crippen LogP) is 3.82. The Morgan fingerprint density at radius 1 is 0.800 bits per heavy atom. The number of aromatic nitrogens is 1. The highest BCUT2D eigenvalue weighted by atomic mass is 16.2. The van der Waals surface area contributed by atoms with Crippen molar-refractivity contribution in [2.45, 2.75) is 6.42 Å². The van der Waals surface area contributed by atoms with Crippen LogP contribution in [0.15, 0.2) is 67.0 Å². The summed E-state index contributed by atoms with van der Waals surface area (Å²) >= 11 is 0. The second kappa shape index (κ2) is 9.22. The van der Waals surface area contributed by atoms with E-state index in [2.05, 4.69) is 10.3 Å². The lowest BCUT2D eigenvalue weighted by atomic mass is 10.0. The van der Waals surface area contributed by atoms with Gasteiger partial charge in [0.05, 0.1) is 18.3 Å². The summed E-state index contributed by atoms with van der Waals surface area (Å²) in [7, 11) is 6.97. The number of anilines is 2. The Labute approximate surface area is 177 Å². The first kappa shape index (κ1) is 21.0. The van der Waals surface area contributed by atoms with Crippen LogP contribution in [0.5, 0.6) is 0 Å². The highest BCUT2D eigenvalue weighted by Crippen LogP contribution is 2.24. The molecule has 0 aliphatic rings. The molecule has 0 radical (unpaired) electrons. The molecule has 1 N–H and O–H groups in total. The molecule has 30 heavy (non-hydrogen) atoms. The average molecular weight is 402 g/mol. The Morgan fingerprint density at radius 2 is 1.40 bits per heavy atom. The third-order valence-corrected chi connectivity index (χ3v) is 4.69. The van der Waals surface area contributed by atoms with Crippen LogP contribution in [-0.2, 0) is 11.2 Å². The number of likely N-dealkylation sites (N-methyl/N-ethyl adjacent to an activating group) is 1. The van der Waals surface area contributed by atoms with Gasteiger partial charge in [-0.25, -0.2) is 0 Å². The van der Waals surface area contributed by atoms with E-state index in [1.807, 2.05) is 54.6 Å². The monoisotopic (exact) mass is 402 g/mol. The molecule has 0 fully saturated rings. The fourth-order valence-corrected chi connectivity index (χ4v) is 2.96. The van der Waals surface area contributed by atoms with Gasteiger partial charge in [0.15, 0.2) is 0 Å². The number of hydrogen-bond donors (Lipinski definition) is 1. The first-order valence-electron chi connectivity index (χ1n) is 9.67. The minimum Gasteiger partial charge on any atom is -0.354 e. The number of hydrogen-bond acceptors (Lipinski definition) is 4. The lowest BCUT2D eigenvalue weighted by Crippen LogP contribution is -2.23. The summed E-state index contributed by atoms with van der Waals surface area (Å²) in [6.07, 6.45) is 3.76. The van der Waals surface area contributed by atoms with Gasteiger partial charge >= 0.3 is 0 Å². The smallest absolute Gasteiger partial charge is 0.253 e. The van der Waals surface area contributed by atoms with Gasteiger partial charge in [0.2, 0.25) is 5.91 Å². The molecule has 1 heterocycles. The van der Waals surface area contributed by atoms with Gasteiger partial charge in [0.25, 0.3) is 5.91 Å². The zero-order valence-electron chi connectivity index (χ0n) is 17.7. The van der Waals surface area contributed by atoms with E-state index >= 15 is 0 Å². The lowest BCUT2D eigenvalue weighted by molar-refractivity contribution is -0.127. The van der Waals surface area contributed by atoms with Gasteiger partial charge in [-0.1, -0.05) is 24.3 Å². The molecule has 0 saturated heterocycles. The van der Waals surface area contributed by atoms with Crippen molar-refractivity contribution in [3.05, 3.63) is 78.1 Å². The molecule has 3 rings (SSSR count). The summed E-state index contributed by atoms with van der Waals surface area (Å²) < 4.78 is 0. The molecule has 3 aromatic rings. The zero-order valence-corrected chi connectivity index (χ0v) is 17.7. The summed E-state index contributed by atoms with van der Waals surface area (Å²) in [6.45, 7) is 0. The fraction of sp³-hybridized carbons (Fsp3) is 0.208. The minimum absolute atomic E-state index is 0.00998. The maximum Gasteiger partial charge on any atom is 0.253 e. The number of rotatable bonds is 6. The Bertz CT molecular complexity index is 1030. The van der Waals surface area contributed by atoms with E-state index < -0.39 is 0 Å². The van der Waals surface area contributed by atoms with Crippen LogP contribution in [0, 0.1) is 0 Å². The van der Waals surface area contributed by atoms with Gasteiger partial charge in [-0.05, 0) is 47.0 Å². The average Bonchev–Trinajstić information content (AvgIpc) is 2.74. The molecular formula is C24H26N4O2. The normalized spacial score (nSPS) is 10.4. The van der Waals surface area contributed by atoms with Gasteiger partial charge in [-0.2, -0.15) is 0 Å². The second-order valence-corrected chi connectivity index (χ2v) is 7.53. The quantitative estimate of drug-likeness (QED) is 0.681. The Hall–Kier alpha value is -3.67. The number of pyridine rings is 1. The standard InChI is InChI=1S/C24H26N4O2/c1-27(2)23(29)14-17-13-22(16-25-15-17)26-21-11-9-19(10-12-21)18-5-7-20(8-6-18)24(30)28(3)4/h5-13,15-16,26H,14H2,1-4H3. The number of nitrogens with zero attached hydrogens (tertiary/aromatic N) is 3. The zero-order chi connectivity index (χ0) is 21.7. The van der Waals surface area contributed by atoms with Gasteiger partial charge in [0.1, 0.15) is 0 Å². The molecule has 0 unspecified atom stereocenters. The molecule has 6 nitrogen and oxygen atoms in total.